The molecule has 0 spiro atoms. The van der Waals surface area contributed by atoms with Crippen LogP contribution in [0.1, 0.15) is 44.5 Å². The molecule has 1 aliphatic carbocycles. The summed E-state index contributed by atoms with van der Waals surface area (Å²) in [5.74, 6) is 0. The van der Waals surface area contributed by atoms with Crippen LogP contribution >= 0.6 is 23.2 Å². The van der Waals surface area contributed by atoms with Crippen LogP contribution in [-0.2, 0) is 28.1 Å². The van der Waals surface area contributed by atoms with E-state index in [0.29, 0.717) is 0 Å². The molecule has 0 saturated heterocycles. The van der Waals surface area contributed by atoms with E-state index in [2.05, 4.69) is 102 Å². The van der Waals surface area contributed by atoms with E-state index >= 15 is 0 Å². The third kappa shape index (κ3) is 7.28. The fraction of sp³-hybridized carbons (Fsp3) is 0.175. The Morgan fingerprint density at radius 2 is 1.16 bits per heavy atom. The number of benzene rings is 5. The molecule has 0 saturated carbocycles. The zero-order chi connectivity index (χ0) is 29.7. The van der Waals surface area contributed by atoms with Crippen LogP contribution in [-0.4, -0.2) is 0 Å². The predicted molar refractivity (Wildman–Crippen MR) is 182 cm³/mol. The maximum absolute atomic E-state index is 5.91. The van der Waals surface area contributed by atoms with Gasteiger partial charge in [0.2, 0.25) is 0 Å². The van der Waals surface area contributed by atoms with Gasteiger partial charge in [-0.1, -0.05) is 105 Å². The fourth-order valence-corrected chi connectivity index (χ4v) is 7.27. The van der Waals surface area contributed by atoms with Crippen molar-refractivity contribution in [3.63, 3.8) is 0 Å². The Kier molecular flexibility index (Phi) is 12.3. The second-order valence-corrected chi connectivity index (χ2v) is 12.6. The van der Waals surface area contributed by atoms with E-state index in [9.17, 15) is 0 Å². The first kappa shape index (κ1) is 37.0. The number of rotatable bonds is 2. The summed E-state index contributed by atoms with van der Waals surface area (Å²) in [6.07, 6.45) is 0.975. The SMILES string of the molecule is Cc1cc(C)c(-c2c[c-]c3c(c2)-c2cc(-c4c(C)cc(C)cc4C)ccc2C3)c(C)c1.Clc1ccc(Cl)c2[cH-]ccc12.[Cl-].[Cl-].[Ti+4]. The summed E-state index contributed by atoms with van der Waals surface area (Å²) in [6.45, 7) is 13.2. The largest absolute Gasteiger partial charge is 4.00 e. The van der Waals surface area contributed by atoms with Gasteiger partial charge in [0.1, 0.15) is 0 Å². The van der Waals surface area contributed by atoms with Crippen molar-refractivity contribution in [2.75, 3.05) is 0 Å². The van der Waals surface area contributed by atoms with Gasteiger partial charge < -0.3 is 24.8 Å². The molecule has 7 rings (SSSR count). The Morgan fingerprint density at radius 3 is 1.73 bits per heavy atom. The number of aryl methyl sites for hydroxylation is 6. The topological polar surface area (TPSA) is 0 Å². The van der Waals surface area contributed by atoms with Crippen molar-refractivity contribution in [3.05, 3.63) is 146 Å². The second-order valence-electron chi connectivity index (χ2n) is 11.8. The summed E-state index contributed by atoms with van der Waals surface area (Å²) in [5, 5.41) is 3.57. The molecule has 0 fully saturated rings. The van der Waals surface area contributed by atoms with E-state index in [1.807, 2.05) is 30.3 Å². The summed E-state index contributed by atoms with van der Waals surface area (Å²) < 4.78 is 0. The van der Waals surface area contributed by atoms with Gasteiger partial charge in [0.15, 0.2) is 0 Å². The van der Waals surface area contributed by atoms with Crippen molar-refractivity contribution in [2.45, 2.75) is 48.0 Å². The average molecular weight is 704 g/mol. The van der Waals surface area contributed by atoms with E-state index in [1.165, 1.54) is 77.9 Å². The minimum atomic E-state index is 0. The molecule has 45 heavy (non-hydrogen) atoms. The van der Waals surface area contributed by atoms with Gasteiger partial charge in [0, 0.05) is 0 Å². The summed E-state index contributed by atoms with van der Waals surface area (Å²) in [6, 6.07) is 33.9. The summed E-state index contributed by atoms with van der Waals surface area (Å²) in [4.78, 5) is 0. The van der Waals surface area contributed by atoms with Crippen molar-refractivity contribution in [1.82, 2.24) is 0 Å². The van der Waals surface area contributed by atoms with Crippen LogP contribution in [0.2, 0.25) is 10.0 Å². The van der Waals surface area contributed by atoms with Gasteiger partial charge in [0.25, 0.3) is 0 Å². The van der Waals surface area contributed by atoms with E-state index in [0.717, 1.165) is 27.2 Å². The predicted octanol–water partition coefficient (Wildman–Crippen LogP) is 6.11. The van der Waals surface area contributed by atoms with Gasteiger partial charge in [-0.2, -0.15) is 35.9 Å². The Bertz CT molecular complexity index is 1810. The number of hydrogen-bond donors (Lipinski definition) is 0. The second kappa shape index (κ2) is 15.0. The van der Waals surface area contributed by atoms with Crippen LogP contribution in [0.5, 0.6) is 0 Å². The van der Waals surface area contributed by atoms with Crippen LogP contribution < -0.4 is 24.8 Å². The molecule has 0 aromatic heterocycles. The number of hydrogen-bond acceptors (Lipinski definition) is 0. The molecule has 0 amide bonds. The van der Waals surface area contributed by atoms with Crippen molar-refractivity contribution >= 4 is 34.0 Å². The standard InChI is InChI=1S/C31H29.C9H5Cl2.2ClH.Ti/c1-18-11-20(3)30(21(4)12-18)26-9-7-24-15-25-8-10-27(17-29(25)28(24)16-26)31-22(5)13-19(2)14-23(31)6;10-8-4-5-9(11)7-3-1-2-6(7)8;;;/h7,9-14,16-17H,15H2,1-6H3;1-5H;2*1H;/q2*-1;;;+4/p-2. The molecular weight excluding hydrogens is 670 g/mol. The normalized spacial score (nSPS) is 10.9. The molecule has 0 atom stereocenters. The van der Waals surface area contributed by atoms with Crippen LogP contribution in [0, 0.1) is 47.6 Å². The van der Waals surface area contributed by atoms with E-state index < -0.39 is 0 Å². The zero-order valence-electron chi connectivity index (χ0n) is 26.3. The molecule has 5 heteroatoms. The van der Waals surface area contributed by atoms with E-state index in [4.69, 9.17) is 23.2 Å². The van der Waals surface area contributed by atoms with E-state index in [1.54, 1.807) is 0 Å². The molecule has 0 N–H and O–H groups in total. The first-order chi connectivity index (χ1) is 20.1. The molecule has 0 aliphatic heterocycles. The molecule has 6 aromatic rings. The minimum Gasteiger partial charge on any atom is -1.00 e. The first-order valence-corrected chi connectivity index (χ1v) is 15.2. The molecule has 1 aliphatic rings. The molecule has 6 aromatic carbocycles. The van der Waals surface area contributed by atoms with Gasteiger partial charge in [-0.25, -0.2) is 0 Å². The Hall–Kier alpha value is -2.42. The van der Waals surface area contributed by atoms with Crippen LogP contribution in [0.3, 0.4) is 0 Å². The zero-order valence-corrected chi connectivity index (χ0v) is 30.9. The van der Waals surface area contributed by atoms with Gasteiger partial charge >= 0.3 is 21.7 Å². The number of halogens is 4. The van der Waals surface area contributed by atoms with Gasteiger partial charge in [-0.05, 0) is 80.3 Å². The number of fused-ring (bicyclic) bond motifs is 4. The molecule has 0 unspecified atom stereocenters. The van der Waals surface area contributed by atoms with Crippen molar-refractivity contribution in [3.8, 4) is 33.4 Å². The Balaban J connectivity index is 0.000000335. The molecule has 226 valence electrons. The van der Waals surface area contributed by atoms with Gasteiger partial charge in [-0.3, -0.25) is 0 Å². The van der Waals surface area contributed by atoms with E-state index in [-0.39, 0.29) is 46.5 Å². The maximum Gasteiger partial charge on any atom is 4.00 e. The van der Waals surface area contributed by atoms with Crippen LogP contribution in [0.25, 0.3) is 44.2 Å². The summed E-state index contributed by atoms with van der Waals surface area (Å²) >= 11 is 11.8. The van der Waals surface area contributed by atoms with Crippen molar-refractivity contribution in [1.29, 1.82) is 0 Å². The minimum absolute atomic E-state index is 0. The Labute approximate surface area is 305 Å². The smallest absolute Gasteiger partial charge is 1.00 e. The molecular formula is C40H34Cl4Ti. The fourth-order valence-electron chi connectivity index (χ4n) is 6.82. The third-order valence-corrected chi connectivity index (χ3v) is 9.09. The van der Waals surface area contributed by atoms with Crippen molar-refractivity contribution < 1.29 is 46.5 Å². The Morgan fingerprint density at radius 1 is 0.622 bits per heavy atom. The van der Waals surface area contributed by atoms with Crippen molar-refractivity contribution in [2.24, 2.45) is 0 Å². The molecule has 0 heterocycles. The average Bonchev–Trinajstić information content (AvgIpc) is 3.56. The molecule has 0 radical (unpaired) electrons. The first-order valence-electron chi connectivity index (χ1n) is 14.4. The summed E-state index contributed by atoms with van der Waals surface area (Å²) in [7, 11) is 0. The quantitative estimate of drug-likeness (QED) is 0.151. The monoisotopic (exact) mass is 702 g/mol. The van der Waals surface area contributed by atoms with Crippen LogP contribution in [0.4, 0.5) is 0 Å². The summed E-state index contributed by atoms with van der Waals surface area (Å²) in [5.41, 5.74) is 18.8. The van der Waals surface area contributed by atoms with Crippen LogP contribution in [0.15, 0.2) is 84.9 Å². The molecule has 0 bridgehead atoms. The molecule has 0 nitrogen and oxygen atoms in total. The third-order valence-electron chi connectivity index (χ3n) is 8.43. The van der Waals surface area contributed by atoms with Gasteiger partial charge in [-0.15, -0.1) is 39.6 Å². The van der Waals surface area contributed by atoms with Gasteiger partial charge in [0.05, 0.1) is 0 Å². The maximum atomic E-state index is 5.91.